The molecule has 0 radical (unpaired) electrons. The third-order valence-corrected chi connectivity index (χ3v) is 3.42. The van der Waals surface area contributed by atoms with E-state index in [-0.39, 0.29) is 5.69 Å². The van der Waals surface area contributed by atoms with Crippen LogP contribution >= 0.6 is 0 Å². The van der Waals surface area contributed by atoms with Crippen LogP contribution in [0.25, 0.3) is 0 Å². The van der Waals surface area contributed by atoms with Gasteiger partial charge < -0.3 is 15.5 Å². The van der Waals surface area contributed by atoms with Crippen LogP contribution in [0.2, 0.25) is 0 Å². The lowest BCUT2D eigenvalue weighted by Gasteiger charge is -2.27. The Hall–Kier alpha value is -1.73. The number of aromatic nitrogens is 1. The molecule has 7 heteroatoms. The lowest BCUT2D eigenvalue weighted by atomic mass is 10.3. The molecular formula is C13H21N5O2. The first kappa shape index (κ1) is 14.7. The molecule has 1 saturated heterocycles. The molecule has 1 aromatic rings. The topological polar surface area (TPSA) is 83.3 Å². The van der Waals surface area contributed by atoms with Crippen LogP contribution in [0, 0.1) is 17.0 Å². The third-order valence-electron chi connectivity index (χ3n) is 3.42. The number of rotatable bonds is 6. The Balaban J connectivity index is 1.73. The molecule has 0 spiro atoms. The van der Waals surface area contributed by atoms with Crippen molar-refractivity contribution in [2.75, 3.05) is 44.6 Å². The van der Waals surface area contributed by atoms with E-state index in [1.807, 2.05) is 0 Å². The van der Waals surface area contributed by atoms with Gasteiger partial charge in [-0.1, -0.05) is 0 Å². The molecule has 0 aliphatic carbocycles. The van der Waals surface area contributed by atoms with Crippen LogP contribution in [-0.4, -0.2) is 54.1 Å². The van der Waals surface area contributed by atoms with E-state index in [4.69, 9.17) is 0 Å². The van der Waals surface area contributed by atoms with E-state index in [0.717, 1.165) is 45.7 Å². The number of hydrogen-bond donors (Lipinski definition) is 2. The summed E-state index contributed by atoms with van der Waals surface area (Å²) in [5.41, 5.74) is 0.512. The second-order valence-electron chi connectivity index (χ2n) is 4.93. The lowest BCUT2D eigenvalue weighted by Crippen LogP contribution is -2.44. The van der Waals surface area contributed by atoms with Gasteiger partial charge >= 0.3 is 0 Å². The molecule has 20 heavy (non-hydrogen) atoms. The molecule has 0 unspecified atom stereocenters. The Kier molecular flexibility index (Phi) is 5.25. The first-order valence-electron chi connectivity index (χ1n) is 6.96. The van der Waals surface area contributed by atoms with Gasteiger partial charge in [0.05, 0.1) is 4.92 Å². The number of piperazine rings is 1. The maximum atomic E-state index is 10.7. The highest BCUT2D eigenvalue weighted by atomic mass is 16.6. The molecular weight excluding hydrogens is 258 g/mol. The van der Waals surface area contributed by atoms with Gasteiger partial charge in [-0.05, 0) is 26.0 Å². The maximum absolute atomic E-state index is 10.7. The molecule has 1 fully saturated rings. The zero-order valence-electron chi connectivity index (χ0n) is 11.8. The summed E-state index contributed by atoms with van der Waals surface area (Å²) in [5, 5.41) is 17.2. The Bertz CT molecular complexity index is 460. The molecule has 0 atom stereocenters. The minimum Gasteiger partial charge on any atom is -0.370 e. The Labute approximate surface area is 118 Å². The van der Waals surface area contributed by atoms with Crippen molar-refractivity contribution in [2.24, 2.45) is 0 Å². The molecule has 0 saturated carbocycles. The van der Waals surface area contributed by atoms with Crippen LogP contribution in [0.15, 0.2) is 12.1 Å². The fourth-order valence-electron chi connectivity index (χ4n) is 2.30. The summed E-state index contributed by atoms with van der Waals surface area (Å²) in [6.07, 6.45) is 1.04. The molecule has 0 bridgehead atoms. The number of nitrogens with zero attached hydrogens (tertiary/aromatic N) is 3. The van der Waals surface area contributed by atoms with Crippen LogP contribution in [0.5, 0.6) is 0 Å². The first-order valence-corrected chi connectivity index (χ1v) is 6.96. The van der Waals surface area contributed by atoms with E-state index < -0.39 is 4.92 Å². The van der Waals surface area contributed by atoms with Gasteiger partial charge in [0.1, 0.15) is 11.5 Å². The second-order valence-corrected chi connectivity index (χ2v) is 4.93. The maximum Gasteiger partial charge on any atom is 0.290 e. The highest BCUT2D eigenvalue weighted by Gasteiger charge is 2.12. The number of anilines is 1. The van der Waals surface area contributed by atoms with Gasteiger partial charge in [-0.15, -0.1) is 0 Å². The fraction of sp³-hybridized carbons (Fsp3) is 0.615. The van der Waals surface area contributed by atoms with Gasteiger partial charge in [-0.25, -0.2) is 4.98 Å². The van der Waals surface area contributed by atoms with E-state index >= 15 is 0 Å². The Morgan fingerprint density at radius 2 is 2.20 bits per heavy atom. The van der Waals surface area contributed by atoms with Gasteiger partial charge in [0.2, 0.25) is 0 Å². The first-order chi connectivity index (χ1) is 9.66. The van der Waals surface area contributed by atoms with E-state index in [9.17, 15) is 10.1 Å². The van der Waals surface area contributed by atoms with Crippen molar-refractivity contribution in [2.45, 2.75) is 13.3 Å². The Morgan fingerprint density at radius 1 is 1.45 bits per heavy atom. The van der Waals surface area contributed by atoms with Crippen molar-refractivity contribution in [3.05, 3.63) is 27.9 Å². The molecule has 2 rings (SSSR count). The zero-order chi connectivity index (χ0) is 14.4. The molecule has 110 valence electrons. The summed E-state index contributed by atoms with van der Waals surface area (Å²) >= 11 is 0. The molecule has 1 aliphatic heterocycles. The van der Waals surface area contributed by atoms with Crippen molar-refractivity contribution in [3.8, 4) is 0 Å². The van der Waals surface area contributed by atoms with Crippen LogP contribution < -0.4 is 10.6 Å². The number of pyridine rings is 1. The lowest BCUT2D eigenvalue weighted by molar-refractivity contribution is -0.385. The van der Waals surface area contributed by atoms with Crippen molar-refractivity contribution in [3.63, 3.8) is 0 Å². The summed E-state index contributed by atoms with van der Waals surface area (Å²) in [7, 11) is 0. The van der Waals surface area contributed by atoms with E-state index in [0.29, 0.717) is 11.5 Å². The number of nitrogens with one attached hydrogen (secondary N) is 2. The summed E-state index contributed by atoms with van der Waals surface area (Å²) in [6.45, 7) is 7.90. The Morgan fingerprint density at radius 3 is 2.85 bits per heavy atom. The minimum atomic E-state index is -0.406. The van der Waals surface area contributed by atoms with Crippen molar-refractivity contribution in [1.29, 1.82) is 0 Å². The normalized spacial score (nSPS) is 16.1. The van der Waals surface area contributed by atoms with Gasteiger partial charge in [0, 0.05) is 38.8 Å². The third kappa shape index (κ3) is 4.14. The summed E-state index contributed by atoms with van der Waals surface area (Å²) < 4.78 is 0. The van der Waals surface area contributed by atoms with Crippen LogP contribution in [0.1, 0.15) is 12.1 Å². The van der Waals surface area contributed by atoms with Crippen molar-refractivity contribution < 1.29 is 4.92 Å². The quantitative estimate of drug-likeness (QED) is 0.459. The van der Waals surface area contributed by atoms with E-state index in [1.54, 1.807) is 13.0 Å². The fourth-order valence-corrected chi connectivity index (χ4v) is 2.30. The monoisotopic (exact) mass is 279 g/mol. The van der Waals surface area contributed by atoms with Gasteiger partial charge in [-0.3, -0.25) is 10.1 Å². The number of nitro groups is 1. The molecule has 0 aromatic carbocycles. The molecule has 0 amide bonds. The van der Waals surface area contributed by atoms with Crippen molar-refractivity contribution in [1.82, 2.24) is 15.2 Å². The molecule has 2 heterocycles. The predicted molar refractivity (Wildman–Crippen MR) is 78.0 cm³/mol. The largest absolute Gasteiger partial charge is 0.370 e. The van der Waals surface area contributed by atoms with Crippen LogP contribution in [-0.2, 0) is 0 Å². The standard InChI is InChI=1S/C13H21N5O2/c1-11-12(18(19)20)3-4-13(16-11)15-5-2-8-17-9-6-14-7-10-17/h3-4,14H,2,5-10H2,1H3,(H,15,16). The number of hydrogen-bond acceptors (Lipinski definition) is 6. The van der Waals surface area contributed by atoms with Crippen LogP contribution in [0.3, 0.4) is 0 Å². The summed E-state index contributed by atoms with van der Waals surface area (Å²) in [6, 6.07) is 3.16. The smallest absolute Gasteiger partial charge is 0.290 e. The SMILES string of the molecule is Cc1nc(NCCCN2CCNCC2)ccc1[N+](=O)[O-]. The highest BCUT2D eigenvalue weighted by Crippen LogP contribution is 2.17. The van der Waals surface area contributed by atoms with Gasteiger partial charge in [0.15, 0.2) is 0 Å². The molecule has 1 aliphatic rings. The molecule has 1 aromatic heterocycles. The average Bonchev–Trinajstić information content (AvgIpc) is 2.44. The number of aryl methyl sites for hydroxylation is 1. The second kappa shape index (κ2) is 7.16. The highest BCUT2D eigenvalue weighted by molar-refractivity contribution is 5.44. The summed E-state index contributed by atoms with van der Waals surface area (Å²) in [4.78, 5) is 16.9. The van der Waals surface area contributed by atoms with E-state index in [1.165, 1.54) is 6.07 Å². The van der Waals surface area contributed by atoms with Crippen molar-refractivity contribution >= 4 is 11.5 Å². The average molecular weight is 279 g/mol. The van der Waals surface area contributed by atoms with Gasteiger partial charge in [-0.2, -0.15) is 0 Å². The molecule has 2 N–H and O–H groups in total. The van der Waals surface area contributed by atoms with E-state index in [2.05, 4.69) is 20.5 Å². The van der Waals surface area contributed by atoms with Crippen LogP contribution in [0.4, 0.5) is 11.5 Å². The predicted octanol–water partition coefficient (Wildman–Crippen LogP) is 1.01. The molecule has 7 nitrogen and oxygen atoms in total. The minimum absolute atomic E-state index is 0.0661. The summed E-state index contributed by atoms with van der Waals surface area (Å²) in [5.74, 6) is 0.702. The zero-order valence-corrected chi connectivity index (χ0v) is 11.8. The van der Waals surface area contributed by atoms with Gasteiger partial charge in [0.25, 0.3) is 5.69 Å².